The maximum Gasteiger partial charge on any atom is 0.306 e. The lowest BCUT2D eigenvalue weighted by Gasteiger charge is -2.33. The molecule has 8 heteroatoms. The third kappa shape index (κ3) is 5.01. The first-order valence-corrected chi connectivity index (χ1v) is 8.62. The smallest absolute Gasteiger partial charge is 0.306 e. The van der Waals surface area contributed by atoms with Crippen LogP contribution in [0.3, 0.4) is 0 Å². The Hall–Kier alpha value is -1.96. The van der Waals surface area contributed by atoms with Gasteiger partial charge < -0.3 is 14.2 Å². The van der Waals surface area contributed by atoms with Gasteiger partial charge in [-0.25, -0.2) is 0 Å². The summed E-state index contributed by atoms with van der Waals surface area (Å²) >= 11 is 5.89. The lowest BCUT2D eigenvalue weighted by atomic mass is 10.2. The first kappa shape index (κ1) is 17.8. The third-order valence-electron chi connectivity index (χ3n) is 4.25. The van der Waals surface area contributed by atoms with Crippen LogP contribution in [0.1, 0.15) is 12.3 Å². The van der Waals surface area contributed by atoms with Crippen molar-refractivity contribution >= 4 is 17.6 Å². The van der Waals surface area contributed by atoms with Gasteiger partial charge in [0, 0.05) is 43.3 Å². The summed E-state index contributed by atoms with van der Waals surface area (Å²) in [4.78, 5) is 20.2. The van der Waals surface area contributed by atoms with Crippen molar-refractivity contribution in [1.82, 2.24) is 19.9 Å². The monoisotopic (exact) mass is 364 g/mol. The second-order valence-electron chi connectivity index (χ2n) is 5.96. The highest BCUT2D eigenvalue weighted by Crippen LogP contribution is 2.19. The topological polar surface area (TPSA) is 71.7 Å². The minimum atomic E-state index is -0.164. The van der Waals surface area contributed by atoms with Crippen molar-refractivity contribution in [1.29, 1.82) is 0 Å². The number of methoxy groups -OCH3 is 1. The molecular formula is C17H21ClN4O3. The van der Waals surface area contributed by atoms with Crippen LogP contribution >= 0.6 is 11.6 Å². The Morgan fingerprint density at radius 2 is 1.88 bits per heavy atom. The summed E-state index contributed by atoms with van der Waals surface area (Å²) < 4.78 is 10.0. The Morgan fingerprint density at radius 1 is 1.20 bits per heavy atom. The molecule has 1 aliphatic rings. The first-order chi connectivity index (χ1) is 12.1. The molecule has 3 rings (SSSR count). The van der Waals surface area contributed by atoms with E-state index in [1.807, 2.05) is 12.1 Å². The average molecular weight is 365 g/mol. The standard InChI is InChI=1S/C17H21ClN4O3/c1-24-16(23)6-7-21-8-10-22(11-9-21)12-15-19-17(20-25-15)13-2-4-14(18)5-3-13/h2-5H,6-12H2,1H3. The number of halogens is 1. The van der Waals surface area contributed by atoms with Crippen molar-refractivity contribution in [3.63, 3.8) is 0 Å². The number of benzene rings is 1. The van der Waals surface area contributed by atoms with E-state index in [1.165, 1.54) is 7.11 Å². The molecule has 134 valence electrons. The van der Waals surface area contributed by atoms with E-state index < -0.39 is 0 Å². The van der Waals surface area contributed by atoms with Crippen molar-refractivity contribution in [2.45, 2.75) is 13.0 Å². The van der Waals surface area contributed by atoms with Crippen LogP contribution < -0.4 is 0 Å². The highest BCUT2D eigenvalue weighted by atomic mass is 35.5. The molecule has 0 N–H and O–H groups in total. The fourth-order valence-corrected chi connectivity index (χ4v) is 2.88. The molecule has 1 aliphatic heterocycles. The maximum absolute atomic E-state index is 11.2. The molecule has 0 aliphatic carbocycles. The van der Waals surface area contributed by atoms with Gasteiger partial charge in [0.25, 0.3) is 0 Å². The molecule has 1 saturated heterocycles. The molecule has 1 fully saturated rings. The molecule has 0 spiro atoms. The molecule has 1 aromatic heterocycles. The van der Waals surface area contributed by atoms with Crippen molar-refractivity contribution in [3.05, 3.63) is 35.2 Å². The second kappa shape index (κ2) is 8.42. The molecule has 7 nitrogen and oxygen atoms in total. The molecule has 0 saturated carbocycles. The van der Waals surface area contributed by atoms with Gasteiger partial charge in [-0.1, -0.05) is 16.8 Å². The summed E-state index contributed by atoms with van der Waals surface area (Å²) in [5, 5.41) is 4.72. The molecule has 0 radical (unpaired) electrons. The summed E-state index contributed by atoms with van der Waals surface area (Å²) in [5.41, 5.74) is 0.882. The summed E-state index contributed by atoms with van der Waals surface area (Å²) in [6.07, 6.45) is 0.435. The van der Waals surface area contributed by atoms with Crippen LogP contribution in [-0.2, 0) is 16.1 Å². The van der Waals surface area contributed by atoms with E-state index in [2.05, 4.69) is 24.7 Å². The number of hydrogen-bond donors (Lipinski definition) is 0. The molecule has 2 heterocycles. The van der Waals surface area contributed by atoms with E-state index in [4.69, 9.17) is 16.1 Å². The fraction of sp³-hybridized carbons (Fsp3) is 0.471. The zero-order valence-corrected chi connectivity index (χ0v) is 14.9. The number of nitrogens with zero attached hydrogens (tertiary/aromatic N) is 4. The van der Waals surface area contributed by atoms with Crippen LogP contribution in [-0.4, -0.2) is 65.7 Å². The van der Waals surface area contributed by atoms with Crippen molar-refractivity contribution in [2.75, 3.05) is 39.8 Å². The second-order valence-corrected chi connectivity index (χ2v) is 6.40. The third-order valence-corrected chi connectivity index (χ3v) is 4.51. The summed E-state index contributed by atoms with van der Waals surface area (Å²) in [5.74, 6) is 1.01. The molecule has 2 aromatic rings. The minimum absolute atomic E-state index is 0.164. The first-order valence-electron chi connectivity index (χ1n) is 8.24. The number of carbonyl (C=O) groups excluding carboxylic acids is 1. The lowest BCUT2D eigenvalue weighted by Crippen LogP contribution is -2.46. The number of aromatic nitrogens is 2. The largest absolute Gasteiger partial charge is 0.469 e. The number of carbonyl (C=O) groups is 1. The average Bonchev–Trinajstić information content (AvgIpc) is 3.10. The van der Waals surface area contributed by atoms with Gasteiger partial charge in [0.1, 0.15) is 0 Å². The maximum atomic E-state index is 11.2. The van der Waals surface area contributed by atoms with Gasteiger partial charge in [-0.15, -0.1) is 0 Å². The van der Waals surface area contributed by atoms with Gasteiger partial charge in [-0.2, -0.15) is 4.98 Å². The highest BCUT2D eigenvalue weighted by Gasteiger charge is 2.20. The van der Waals surface area contributed by atoms with E-state index in [-0.39, 0.29) is 5.97 Å². The predicted molar refractivity (Wildman–Crippen MR) is 93.1 cm³/mol. The number of ether oxygens (including phenoxy) is 1. The number of rotatable bonds is 6. The van der Waals surface area contributed by atoms with Crippen molar-refractivity contribution in [3.8, 4) is 11.4 Å². The van der Waals surface area contributed by atoms with Crippen LogP contribution in [0.15, 0.2) is 28.8 Å². The van der Waals surface area contributed by atoms with Crippen molar-refractivity contribution in [2.24, 2.45) is 0 Å². The molecule has 0 unspecified atom stereocenters. The summed E-state index contributed by atoms with van der Waals surface area (Å²) in [6, 6.07) is 7.36. The predicted octanol–water partition coefficient (Wildman–Crippen LogP) is 2.07. The molecule has 0 atom stereocenters. The Balaban J connectivity index is 1.48. The quantitative estimate of drug-likeness (QED) is 0.726. The molecule has 1 aromatic carbocycles. The van der Waals surface area contributed by atoms with E-state index in [0.717, 1.165) is 38.3 Å². The molecular weight excluding hydrogens is 344 g/mol. The van der Waals surface area contributed by atoms with Gasteiger partial charge in [-0.05, 0) is 24.3 Å². The number of hydrogen-bond acceptors (Lipinski definition) is 7. The van der Waals surface area contributed by atoms with Gasteiger partial charge >= 0.3 is 5.97 Å². The number of piperazine rings is 1. The fourth-order valence-electron chi connectivity index (χ4n) is 2.75. The number of esters is 1. The van der Waals surface area contributed by atoms with Gasteiger partial charge in [-0.3, -0.25) is 9.69 Å². The van der Waals surface area contributed by atoms with E-state index in [1.54, 1.807) is 12.1 Å². The van der Waals surface area contributed by atoms with Gasteiger partial charge in [0.15, 0.2) is 0 Å². The van der Waals surface area contributed by atoms with Gasteiger partial charge in [0.2, 0.25) is 11.7 Å². The van der Waals surface area contributed by atoms with E-state index >= 15 is 0 Å². The van der Waals surface area contributed by atoms with Crippen LogP contribution in [0.25, 0.3) is 11.4 Å². The van der Waals surface area contributed by atoms with Crippen LogP contribution in [0, 0.1) is 0 Å². The van der Waals surface area contributed by atoms with E-state index in [9.17, 15) is 4.79 Å². The Kier molecular flexibility index (Phi) is 6.01. The molecule has 0 amide bonds. The summed E-state index contributed by atoms with van der Waals surface area (Å²) in [7, 11) is 1.42. The lowest BCUT2D eigenvalue weighted by molar-refractivity contribution is -0.141. The molecule has 0 bridgehead atoms. The van der Waals surface area contributed by atoms with Crippen LogP contribution in [0.2, 0.25) is 5.02 Å². The Bertz CT molecular complexity index is 696. The SMILES string of the molecule is COC(=O)CCN1CCN(Cc2nc(-c3ccc(Cl)cc3)no2)CC1. The van der Waals surface area contributed by atoms with Crippen LogP contribution in [0.5, 0.6) is 0 Å². The molecule has 25 heavy (non-hydrogen) atoms. The van der Waals surface area contributed by atoms with Gasteiger partial charge in [0.05, 0.1) is 20.1 Å². The highest BCUT2D eigenvalue weighted by molar-refractivity contribution is 6.30. The van der Waals surface area contributed by atoms with E-state index in [0.29, 0.717) is 29.7 Å². The normalized spacial score (nSPS) is 16.1. The Morgan fingerprint density at radius 3 is 2.56 bits per heavy atom. The Labute approximate surface area is 151 Å². The van der Waals surface area contributed by atoms with Crippen LogP contribution in [0.4, 0.5) is 0 Å². The zero-order valence-electron chi connectivity index (χ0n) is 14.2. The summed E-state index contributed by atoms with van der Waals surface area (Å²) in [6.45, 7) is 5.00. The minimum Gasteiger partial charge on any atom is -0.469 e. The zero-order chi connectivity index (χ0) is 17.6. The van der Waals surface area contributed by atoms with Crippen molar-refractivity contribution < 1.29 is 14.1 Å².